The van der Waals surface area contributed by atoms with Crippen LogP contribution in [-0.4, -0.2) is 46.9 Å². The van der Waals surface area contributed by atoms with Crippen LogP contribution in [0.15, 0.2) is 30.5 Å². The molecule has 1 aromatic carbocycles. The van der Waals surface area contributed by atoms with Gasteiger partial charge in [0.25, 0.3) is 5.91 Å². The molecule has 1 aromatic heterocycles. The van der Waals surface area contributed by atoms with E-state index in [0.29, 0.717) is 17.2 Å². The molecule has 0 bridgehead atoms. The molecule has 0 saturated carbocycles. The van der Waals surface area contributed by atoms with Crippen LogP contribution in [0.2, 0.25) is 0 Å². The predicted octanol–water partition coefficient (Wildman–Crippen LogP) is 2.63. The van der Waals surface area contributed by atoms with Crippen molar-refractivity contribution in [1.82, 2.24) is 14.8 Å². The Morgan fingerprint density at radius 2 is 1.96 bits per heavy atom. The fraction of sp³-hybridized carbons (Fsp3) is 0.375. The number of carbonyl (C=O) groups is 1. The average molecular weight is 371 g/mol. The molecule has 3 rings (SSSR count). The number of benzene rings is 1. The molecule has 0 radical (unpaired) electrons. The van der Waals surface area contributed by atoms with Gasteiger partial charge >= 0.3 is 0 Å². The third-order valence-corrected chi connectivity index (χ3v) is 4.73. The minimum atomic E-state index is -0.326. The molecule has 0 spiro atoms. The highest BCUT2D eigenvalue weighted by Crippen LogP contribution is 2.18. The van der Waals surface area contributed by atoms with Gasteiger partial charge in [0.15, 0.2) is 5.13 Å². The molecule has 0 atom stereocenters. The van der Waals surface area contributed by atoms with Gasteiger partial charge in [0, 0.05) is 49.4 Å². The van der Waals surface area contributed by atoms with E-state index < -0.39 is 0 Å². The van der Waals surface area contributed by atoms with Crippen molar-refractivity contribution in [3.05, 3.63) is 46.7 Å². The molecule has 1 saturated heterocycles. The van der Waals surface area contributed by atoms with Crippen LogP contribution in [0, 0.1) is 5.82 Å². The molecule has 24 heavy (non-hydrogen) atoms. The van der Waals surface area contributed by atoms with Crippen molar-refractivity contribution in [2.45, 2.75) is 13.0 Å². The molecule has 0 aliphatic carbocycles. The first-order valence-electron chi connectivity index (χ1n) is 7.59. The molecule has 1 amide bonds. The molecular formula is C16H20ClFN4OS. The fourth-order valence-corrected chi connectivity index (χ4v) is 3.45. The highest BCUT2D eigenvalue weighted by atomic mass is 35.5. The summed E-state index contributed by atoms with van der Waals surface area (Å²) in [6.07, 6.45) is 2.73. The Morgan fingerprint density at radius 1 is 1.21 bits per heavy atom. The number of thiazole rings is 1. The number of anilines is 1. The highest BCUT2D eigenvalue weighted by Gasteiger charge is 2.20. The number of hydrogen-bond donors (Lipinski definition) is 1. The summed E-state index contributed by atoms with van der Waals surface area (Å²) >= 11 is 1.50. The topological polar surface area (TPSA) is 62.5 Å². The first-order valence-corrected chi connectivity index (χ1v) is 8.41. The second kappa shape index (κ2) is 8.41. The van der Waals surface area contributed by atoms with Crippen LogP contribution < -0.4 is 5.73 Å². The Kier molecular flexibility index (Phi) is 6.53. The maximum absolute atomic E-state index is 13.0. The summed E-state index contributed by atoms with van der Waals surface area (Å²) < 4.78 is 13.0. The van der Waals surface area contributed by atoms with Crippen molar-refractivity contribution in [3.63, 3.8) is 0 Å². The number of amides is 1. The van der Waals surface area contributed by atoms with Crippen LogP contribution >= 0.6 is 23.7 Å². The number of nitrogens with zero attached hydrogens (tertiary/aromatic N) is 3. The third-order valence-electron chi connectivity index (χ3n) is 3.92. The summed E-state index contributed by atoms with van der Waals surface area (Å²) in [6, 6.07) is 5.73. The lowest BCUT2D eigenvalue weighted by atomic mass is 10.2. The average Bonchev–Trinajstić information content (AvgIpc) is 2.81. The second-order valence-corrected chi connectivity index (χ2v) is 6.74. The van der Waals surface area contributed by atoms with Gasteiger partial charge in [-0.2, -0.15) is 0 Å². The monoisotopic (exact) mass is 370 g/mol. The van der Waals surface area contributed by atoms with Gasteiger partial charge in [0.2, 0.25) is 0 Å². The normalized spacial score (nSPS) is 15.6. The number of carbonyl (C=O) groups excluding carboxylic acids is 1. The zero-order valence-electron chi connectivity index (χ0n) is 13.2. The van der Waals surface area contributed by atoms with Crippen LogP contribution in [0.4, 0.5) is 9.52 Å². The lowest BCUT2D eigenvalue weighted by Gasteiger charge is -2.21. The first-order chi connectivity index (χ1) is 11.1. The van der Waals surface area contributed by atoms with E-state index in [2.05, 4.69) is 9.88 Å². The van der Waals surface area contributed by atoms with Gasteiger partial charge in [-0.1, -0.05) is 0 Å². The van der Waals surface area contributed by atoms with Crippen LogP contribution in [-0.2, 0) is 6.54 Å². The molecule has 1 aliphatic rings. The zero-order chi connectivity index (χ0) is 16.2. The number of nitrogen functional groups attached to an aromatic ring is 1. The molecule has 1 fully saturated rings. The lowest BCUT2D eigenvalue weighted by molar-refractivity contribution is 0.0761. The van der Waals surface area contributed by atoms with Crippen molar-refractivity contribution in [1.29, 1.82) is 0 Å². The van der Waals surface area contributed by atoms with E-state index in [1.165, 1.54) is 23.5 Å². The summed E-state index contributed by atoms with van der Waals surface area (Å²) in [5.41, 5.74) is 6.20. The number of rotatable bonds is 3. The predicted molar refractivity (Wildman–Crippen MR) is 96.0 cm³/mol. The minimum Gasteiger partial charge on any atom is -0.375 e. The molecule has 2 aromatic rings. The number of nitrogens with two attached hydrogens (primary N) is 1. The fourth-order valence-electron chi connectivity index (χ4n) is 2.72. The molecule has 1 aliphatic heterocycles. The van der Waals surface area contributed by atoms with E-state index in [-0.39, 0.29) is 24.1 Å². The minimum absolute atomic E-state index is 0. The Morgan fingerprint density at radius 3 is 2.62 bits per heavy atom. The van der Waals surface area contributed by atoms with Gasteiger partial charge in [-0.05, 0) is 30.7 Å². The van der Waals surface area contributed by atoms with E-state index >= 15 is 0 Å². The van der Waals surface area contributed by atoms with E-state index in [1.807, 2.05) is 11.1 Å². The molecule has 8 heteroatoms. The standard InChI is InChI=1S/C16H19FN4OS.ClH/c17-13-4-2-12(3-5-13)15(22)21-7-1-6-20(8-9-21)11-14-10-19-16(18)23-14;/h2-5,10H,1,6-9,11H2,(H2,18,19);1H. The maximum Gasteiger partial charge on any atom is 0.253 e. The Hall–Kier alpha value is -1.70. The zero-order valence-corrected chi connectivity index (χ0v) is 14.8. The van der Waals surface area contributed by atoms with Crippen LogP contribution in [0.1, 0.15) is 21.7 Å². The number of hydrogen-bond acceptors (Lipinski definition) is 5. The summed E-state index contributed by atoms with van der Waals surface area (Å²) in [5, 5.41) is 0.586. The summed E-state index contributed by atoms with van der Waals surface area (Å²) in [5.74, 6) is -0.360. The van der Waals surface area contributed by atoms with E-state index in [9.17, 15) is 9.18 Å². The maximum atomic E-state index is 13.0. The van der Waals surface area contributed by atoms with Crippen LogP contribution in [0.3, 0.4) is 0 Å². The van der Waals surface area contributed by atoms with Gasteiger partial charge < -0.3 is 10.6 Å². The first kappa shape index (κ1) is 18.6. The summed E-state index contributed by atoms with van der Waals surface area (Å²) in [4.78, 5) is 21.9. The van der Waals surface area contributed by atoms with Gasteiger partial charge in [-0.25, -0.2) is 9.37 Å². The smallest absolute Gasteiger partial charge is 0.253 e. The van der Waals surface area contributed by atoms with Gasteiger partial charge in [-0.15, -0.1) is 23.7 Å². The summed E-state index contributed by atoms with van der Waals surface area (Å²) in [7, 11) is 0. The highest BCUT2D eigenvalue weighted by molar-refractivity contribution is 7.15. The van der Waals surface area contributed by atoms with Crippen molar-refractivity contribution in [2.24, 2.45) is 0 Å². The largest absolute Gasteiger partial charge is 0.375 e. The molecule has 0 unspecified atom stereocenters. The number of halogens is 2. The molecular weight excluding hydrogens is 351 g/mol. The number of aromatic nitrogens is 1. The SMILES string of the molecule is Cl.Nc1ncc(CN2CCCN(C(=O)c3ccc(F)cc3)CC2)s1. The lowest BCUT2D eigenvalue weighted by Crippen LogP contribution is -2.35. The van der Waals surface area contributed by atoms with Gasteiger partial charge in [0.1, 0.15) is 5.82 Å². The van der Waals surface area contributed by atoms with E-state index in [0.717, 1.165) is 37.5 Å². The molecule has 5 nitrogen and oxygen atoms in total. The summed E-state index contributed by atoms with van der Waals surface area (Å²) in [6.45, 7) is 3.95. The Labute approximate surface area is 150 Å². The van der Waals surface area contributed by atoms with Crippen molar-refractivity contribution in [2.75, 3.05) is 31.9 Å². The second-order valence-electron chi connectivity index (χ2n) is 5.59. The van der Waals surface area contributed by atoms with Crippen molar-refractivity contribution in [3.8, 4) is 0 Å². The Bertz CT molecular complexity index is 679. The van der Waals surface area contributed by atoms with Gasteiger partial charge in [0.05, 0.1) is 0 Å². The molecule has 2 heterocycles. The van der Waals surface area contributed by atoms with Crippen LogP contribution in [0.25, 0.3) is 0 Å². The van der Waals surface area contributed by atoms with Gasteiger partial charge in [-0.3, -0.25) is 9.69 Å². The van der Waals surface area contributed by atoms with Crippen molar-refractivity contribution >= 4 is 34.8 Å². The van der Waals surface area contributed by atoms with Crippen molar-refractivity contribution < 1.29 is 9.18 Å². The van der Waals surface area contributed by atoms with Crippen LogP contribution in [0.5, 0.6) is 0 Å². The molecule has 130 valence electrons. The van der Waals surface area contributed by atoms with E-state index in [4.69, 9.17) is 5.73 Å². The third kappa shape index (κ3) is 4.66. The Balaban J connectivity index is 0.00000208. The quantitative estimate of drug-likeness (QED) is 0.902. The van der Waals surface area contributed by atoms with E-state index in [1.54, 1.807) is 12.1 Å². The molecule has 2 N–H and O–H groups in total.